The number of methoxy groups -OCH3 is 1. The summed E-state index contributed by atoms with van der Waals surface area (Å²) in [6.07, 6.45) is 0. The molecule has 1 heterocycles. The first-order chi connectivity index (χ1) is 14.1. The molecule has 3 aromatic rings. The lowest BCUT2D eigenvalue weighted by atomic mass is 10.1. The Labute approximate surface area is 175 Å². The molecule has 152 valence electrons. The van der Waals surface area contributed by atoms with Gasteiger partial charge in [0.15, 0.2) is 0 Å². The smallest absolute Gasteiger partial charge is 0.233 e. The summed E-state index contributed by atoms with van der Waals surface area (Å²) in [4.78, 5) is 14.7. The van der Waals surface area contributed by atoms with Crippen LogP contribution < -0.4 is 0 Å². The highest BCUT2D eigenvalue weighted by atomic mass is 32.2. The summed E-state index contributed by atoms with van der Waals surface area (Å²) < 4.78 is 6.86. The Bertz CT molecular complexity index is 945. The van der Waals surface area contributed by atoms with Gasteiger partial charge in [-0.15, -0.1) is 5.10 Å². The van der Waals surface area contributed by atoms with Crippen LogP contribution in [-0.2, 0) is 16.1 Å². The maximum absolute atomic E-state index is 12.9. The number of aromatic nitrogens is 4. The van der Waals surface area contributed by atoms with Crippen LogP contribution >= 0.6 is 11.8 Å². The second kappa shape index (κ2) is 10.2. The molecule has 0 bridgehead atoms. The van der Waals surface area contributed by atoms with Crippen LogP contribution in [0.5, 0.6) is 0 Å². The summed E-state index contributed by atoms with van der Waals surface area (Å²) in [5, 5.41) is 12.6. The Balaban J connectivity index is 1.69. The average Bonchev–Trinajstić information content (AvgIpc) is 3.18. The van der Waals surface area contributed by atoms with E-state index < -0.39 is 0 Å². The van der Waals surface area contributed by atoms with Crippen molar-refractivity contribution in [3.05, 3.63) is 65.2 Å². The van der Waals surface area contributed by atoms with E-state index in [-0.39, 0.29) is 11.7 Å². The Hall–Kier alpha value is -2.71. The molecule has 0 unspecified atom stereocenters. The predicted octanol–water partition coefficient (Wildman–Crippen LogP) is 3.05. The van der Waals surface area contributed by atoms with Crippen LogP contribution in [0.4, 0.5) is 0 Å². The van der Waals surface area contributed by atoms with Gasteiger partial charge in [-0.3, -0.25) is 4.79 Å². The van der Waals surface area contributed by atoms with Crippen molar-refractivity contribution in [1.29, 1.82) is 0 Å². The van der Waals surface area contributed by atoms with E-state index in [1.807, 2.05) is 56.3 Å². The van der Waals surface area contributed by atoms with Crippen LogP contribution in [0, 0.1) is 13.8 Å². The second-order valence-corrected chi connectivity index (χ2v) is 7.69. The molecule has 29 heavy (non-hydrogen) atoms. The van der Waals surface area contributed by atoms with Crippen LogP contribution in [0.25, 0.3) is 5.69 Å². The van der Waals surface area contributed by atoms with Gasteiger partial charge in [-0.1, -0.05) is 59.8 Å². The highest BCUT2D eigenvalue weighted by molar-refractivity contribution is 7.99. The van der Waals surface area contributed by atoms with Gasteiger partial charge >= 0.3 is 0 Å². The Morgan fingerprint density at radius 2 is 1.97 bits per heavy atom. The molecule has 0 N–H and O–H groups in total. The van der Waals surface area contributed by atoms with Gasteiger partial charge < -0.3 is 9.64 Å². The minimum atomic E-state index is 0.0195. The van der Waals surface area contributed by atoms with E-state index in [1.165, 1.54) is 17.3 Å². The van der Waals surface area contributed by atoms with E-state index in [9.17, 15) is 4.79 Å². The summed E-state index contributed by atoms with van der Waals surface area (Å²) in [5.74, 6) is 0.271. The van der Waals surface area contributed by atoms with Crippen LogP contribution in [0.2, 0.25) is 0 Å². The van der Waals surface area contributed by atoms with Gasteiger partial charge in [-0.05, 0) is 41.5 Å². The molecular weight excluding hydrogens is 386 g/mol. The fourth-order valence-electron chi connectivity index (χ4n) is 2.98. The van der Waals surface area contributed by atoms with Gasteiger partial charge in [0.05, 0.1) is 18.0 Å². The lowest BCUT2D eigenvalue weighted by molar-refractivity contribution is -0.129. The van der Waals surface area contributed by atoms with Gasteiger partial charge in [0.2, 0.25) is 11.1 Å². The fraction of sp³-hybridized carbons (Fsp3) is 0.333. The van der Waals surface area contributed by atoms with E-state index >= 15 is 0 Å². The molecule has 2 aromatic carbocycles. The number of nitrogens with zero attached hydrogens (tertiary/aromatic N) is 5. The van der Waals surface area contributed by atoms with Gasteiger partial charge in [0.1, 0.15) is 0 Å². The molecule has 1 aromatic heterocycles. The average molecular weight is 412 g/mol. The van der Waals surface area contributed by atoms with Crippen molar-refractivity contribution >= 4 is 17.7 Å². The van der Waals surface area contributed by atoms with E-state index in [0.717, 1.165) is 16.8 Å². The van der Waals surface area contributed by atoms with Crippen LogP contribution in [0.15, 0.2) is 53.7 Å². The molecular formula is C21H25N5O2S. The van der Waals surface area contributed by atoms with Crippen molar-refractivity contribution in [3.8, 4) is 5.69 Å². The number of aryl methyl sites for hydroxylation is 2. The van der Waals surface area contributed by atoms with Gasteiger partial charge in [0.25, 0.3) is 0 Å². The number of hydrogen-bond donors (Lipinski definition) is 0. The Morgan fingerprint density at radius 3 is 2.69 bits per heavy atom. The summed E-state index contributed by atoms with van der Waals surface area (Å²) in [6, 6.07) is 16.0. The maximum Gasteiger partial charge on any atom is 0.233 e. The topological polar surface area (TPSA) is 73.1 Å². The largest absolute Gasteiger partial charge is 0.383 e. The Morgan fingerprint density at radius 1 is 1.17 bits per heavy atom. The summed E-state index contributed by atoms with van der Waals surface area (Å²) >= 11 is 1.34. The zero-order valence-corrected chi connectivity index (χ0v) is 17.7. The molecule has 8 heteroatoms. The third-order valence-corrected chi connectivity index (χ3v) is 5.38. The molecule has 1 amide bonds. The number of amides is 1. The lowest BCUT2D eigenvalue weighted by Gasteiger charge is -2.22. The van der Waals surface area contributed by atoms with E-state index in [2.05, 4.69) is 21.6 Å². The van der Waals surface area contributed by atoms with Gasteiger partial charge in [-0.25, -0.2) is 0 Å². The molecule has 0 fully saturated rings. The summed E-state index contributed by atoms with van der Waals surface area (Å²) in [5.41, 5.74) is 4.26. The summed E-state index contributed by atoms with van der Waals surface area (Å²) in [6.45, 7) is 5.64. The van der Waals surface area contributed by atoms with Crippen LogP contribution in [-0.4, -0.2) is 57.0 Å². The number of benzene rings is 2. The third-order valence-electron chi connectivity index (χ3n) is 4.48. The van der Waals surface area contributed by atoms with E-state index in [1.54, 1.807) is 16.7 Å². The van der Waals surface area contributed by atoms with Gasteiger partial charge in [0, 0.05) is 20.2 Å². The lowest BCUT2D eigenvalue weighted by Crippen LogP contribution is -2.34. The number of rotatable bonds is 9. The molecule has 0 aliphatic rings. The molecule has 3 rings (SSSR count). The molecule has 0 radical (unpaired) electrons. The number of thioether (sulfide) groups is 1. The molecule has 0 atom stereocenters. The van der Waals surface area contributed by atoms with Crippen LogP contribution in [0.1, 0.15) is 16.7 Å². The SMILES string of the molecule is COCCN(Cc1ccccc1)C(=O)CSc1nnnn1-c1ccc(C)cc1C. The number of tetrazole rings is 1. The fourth-order valence-corrected chi connectivity index (χ4v) is 3.76. The zero-order chi connectivity index (χ0) is 20.6. The van der Waals surface area contributed by atoms with E-state index in [4.69, 9.17) is 4.74 Å². The van der Waals surface area contributed by atoms with Crippen molar-refractivity contribution in [2.75, 3.05) is 26.0 Å². The molecule has 0 aliphatic heterocycles. The summed E-state index contributed by atoms with van der Waals surface area (Å²) in [7, 11) is 1.64. The van der Waals surface area contributed by atoms with Crippen molar-refractivity contribution < 1.29 is 9.53 Å². The van der Waals surface area contributed by atoms with Gasteiger partial charge in [-0.2, -0.15) is 4.68 Å². The highest BCUT2D eigenvalue weighted by Crippen LogP contribution is 2.22. The first-order valence-electron chi connectivity index (χ1n) is 9.38. The second-order valence-electron chi connectivity index (χ2n) is 6.75. The molecule has 0 aliphatic carbocycles. The first kappa shape index (κ1) is 21.0. The number of hydrogen-bond acceptors (Lipinski definition) is 6. The Kier molecular flexibility index (Phi) is 7.37. The van der Waals surface area contributed by atoms with E-state index in [0.29, 0.717) is 24.9 Å². The minimum Gasteiger partial charge on any atom is -0.383 e. The third kappa shape index (κ3) is 5.65. The van der Waals surface area contributed by atoms with Crippen LogP contribution in [0.3, 0.4) is 0 Å². The normalized spacial score (nSPS) is 10.9. The van der Waals surface area contributed by atoms with Crippen molar-refractivity contribution in [1.82, 2.24) is 25.1 Å². The number of carbonyl (C=O) groups is 1. The molecule has 0 spiro atoms. The highest BCUT2D eigenvalue weighted by Gasteiger charge is 2.17. The standard InChI is InChI=1S/C21H25N5O2S/c1-16-9-10-19(17(2)13-16)26-21(22-23-24-26)29-15-20(27)25(11-12-28-3)14-18-7-5-4-6-8-18/h4-10,13H,11-12,14-15H2,1-3H3. The number of ether oxygens (including phenoxy) is 1. The molecule has 0 saturated heterocycles. The zero-order valence-electron chi connectivity index (χ0n) is 16.9. The monoisotopic (exact) mass is 411 g/mol. The molecule has 0 saturated carbocycles. The maximum atomic E-state index is 12.9. The first-order valence-corrected chi connectivity index (χ1v) is 10.4. The minimum absolute atomic E-state index is 0.0195. The van der Waals surface area contributed by atoms with Crippen molar-refractivity contribution in [3.63, 3.8) is 0 Å². The molecule has 7 nitrogen and oxygen atoms in total. The quantitative estimate of drug-likeness (QED) is 0.504. The number of carbonyl (C=O) groups excluding carboxylic acids is 1. The predicted molar refractivity (Wildman–Crippen MR) is 113 cm³/mol. The van der Waals surface area contributed by atoms with Crippen molar-refractivity contribution in [2.45, 2.75) is 25.5 Å². The van der Waals surface area contributed by atoms with Crippen molar-refractivity contribution in [2.24, 2.45) is 0 Å².